The highest BCUT2D eigenvalue weighted by atomic mass is 16.6. The summed E-state index contributed by atoms with van der Waals surface area (Å²) in [4.78, 5) is 13.6. The first-order valence-corrected chi connectivity index (χ1v) is 7.81. The van der Waals surface area contributed by atoms with E-state index in [1.165, 1.54) is 0 Å². The zero-order chi connectivity index (χ0) is 16.3. The highest BCUT2D eigenvalue weighted by Crippen LogP contribution is 2.22. The SMILES string of the molecule is CCC(NC1CN(C(=O)OC(C)(C)C)C1)c1ccc(O)cc1. The molecule has 5 heteroatoms. The molecule has 0 spiro atoms. The summed E-state index contributed by atoms with van der Waals surface area (Å²) in [7, 11) is 0. The molecule has 1 amide bonds. The van der Waals surface area contributed by atoms with Crippen molar-refractivity contribution in [2.24, 2.45) is 0 Å². The molecule has 0 aromatic heterocycles. The number of likely N-dealkylation sites (tertiary alicyclic amines) is 1. The number of amides is 1. The van der Waals surface area contributed by atoms with Gasteiger partial charge in [-0.05, 0) is 44.9 Å². The molecule has 0 aliphatic carbocycles. The summed E-state index contributed by atoms with van der Waals surface area (Å²) in [6.07, 6.45) is 0.705. The highest BCUT2D eigenvalue weighted by molar-refractivity contribution is 5.69. The van der Waals surface area contributed by atoms with E-state index in [4.69, 9.17) is 4.74 Å². The third kappa shape index (κ3) is 4.37. The summed E-state index contributed by atoms with van der Waals surface area (Å²) < 4.78 is 5.35. The maximum absolute atomic E-state index is 11.9. The molecule has 1 aliphatic heterocycles. The van der Waals surface area contributed by atoms with E-state index in [2.05, 4.69) is 12.2 Å². The third-order valence-corrected chi connectivity index (χ3v) is 3.67. The molecule has 1 saturated heterocycles. The lowest BCUT2D eigenvalue weighted by Gasteiger charge is -2.41. The molecule has 1 atom stereocenters. The number of nitrogens with zero attached hydrogens (tertiary/aromatic N) is 1. The van der Waals surface area contributed by atoms with Gasteiger partial charge in [0.2, 0.25) is 0 Å². The second-order valence-corrected chi connectivity index (χ2v) is 6.80. The number of phenolic OH excluding ortho intramolecular Hbond substituents is 1. The van der Waals surface area contributed by atoms with E-state index in [9.17, 15) is 9.90 Å². The molecular formula is C17H26N2O3. The van der Waals surface area contributed by atoms with E-state index < -0.39 is 5.60 Å². The quantitative estimate of drug-likeness (QED) is 0.897. The van der Waals surface area contributed by atoms with Gasteiger partial charge in [0.1, 0.15) is 11.4 Å². The number of hydrogen-bond acceptors (Lipinski definition) is 4. The maximum Gasteiger partial charge on any atom is 0.410 e. The van der Waals surface area contributed by atoms with Gasteiger partial charge in [-0.3, -0.25) is 0 Å². The monoisotopic (exact) mass is 306 g/mol. The van der Waals surface area contributed by atoms with Gasteiger partial charge in [0.25, 0.3) is 0 Å². The van der Waals surface area contributed by atoms with Gasteiger partial charge in [-0.2, -0.15) is 0 Å². The zero-order valence-electron chi connectivity index (χ0n) is 13.8. The average Bonchev–Trinajstić information content (AvgIpc) is 2.37. The summed E-state index contributed by atoms with van der Waals surface area (Å²) >= 11 is 0. The van der Waals surface area contributed by atoms with Crippen LogP contribution in [-0.4, -0.2) is 40.8 Å². The highest BCUT2D eigenvalue weighted by Gasteiger charge is 2.34. The number of aromatic hydroxyl groups is 1. The number of ether oxygens (including phenoxy) is 1. The molecule has 5 nitrogen and oxygen atoms in total. The Hall–Kier alpha value is -1.75. The van der Waals surface area contributed by atoms with E-state index >= 15 is 0 Å². The fraction of sp³-hybridized carbons (Fsp3) is 0.588. The molecular weight excluding hydrogens is 280 g/mol. The summed E-state index contributed by atoms with van der Waals surface area (Å²) in [6.45, 7) is 9.08. The summed E-state index contributed by atoms with van der Waals surface area (Å²) in [5.41, 5.74) is 0.698. The van der Waals surface area contributed by atoms with Crippen LogP contribution in [0.5, 0.6) is 5.75 Å². The standard InChI is InChI=1S/C17H26N2O3/c1-5-15(12-6-8-14(20)9-7-12)18-13-10-19(11-13)16(21)22-17(2,3)4/h6-9,13,15,18,20H,5,10-11H2,1-4H3. The molecule has 0 radical (unpaired) electrons. The van der Waals surface area contributed by atoms with Crippen LogP contribution in [-0.2, 0) is 4.74 Å². The van der Waals surface area contributed by atoms with Gasteiger partial charge >= 0.3 is 6.09 Å². The van der Waals surface area contributed by atoms with Crippen LogP contribution < -0.4 is 5.32 Å². The smallest absolute Gasteiger partial charge is 0.410 e. The second-order valence-electron chi connectivity index (χ2n) is 6.80. The number of rotatable bonds is 4. The molecule has 0 bridgehead atoms. The van der Waals surface area contributed by atoms with Crippen molar-refractivity contribution in [3.8, 4) is 5.75 Å². The Labute approximate surface area is 132 Å². The normalized spacial score (nSPS) is 17.0. The van der Waals surface area contributed by atoms with E-state index in [1.54, 1.807) is 17.0 Å². The van der Waals surface area contributed by atoms with Crippen LogP contribution in [0, 0.1) is 0 Å². The van der Waals surface area contributed by atoms with Crippen molar-refractivity contribution < 1.29 is 14.6 Å². The number of phenols is 1. The number of carbonyl (C=O) groups is 1. The fourth-order valence-electron chi connectivity index (χ4n) is 2.50. The number of hydrogen-bond donors (Lipinski definition) is 2. The van der Waals surface area contributed by atoms with Gasteiger partial charge in [0.15, 0.2) is 0 Å². The van der Waals surface area contributed by atoms with Crippen molar-refractivity contribution in [1.82, 2.24) is 10.2 Å². The number of nitrogens with one attached hydrogen (secondary N) is 1. The van der Waals surface area contributed by atoms with Crippen molar-refractivity contribution in [3.05, 3.63) is 29.8 Å². The minimum Gasteiger partial charge on any atom is -0.508 e. The largest absolute Gasteiger partial charge is 0.508 e. The van der Waals surface area contributed by atoms with Gasteiger partial charge in [0.05, 0.1) is 0 Å². The lowest BCUT2D eigenvalue weighted by molar-refractivity contribution is 0.00408. The predicted molar refractivity (Wildman–Crippen MR) is 85.9 cm³/mol. The Morgan fingerprint density at radius 1 is 1.36 bits per heavy atom. The van der Waals surface area contributed by atoms with Crippen LogP contribution in [0.4, 0.5) is 4.79 Å². The average molecular weight is 306 g/mol. The van der Waals surface area contributed by atoms with Crippen molar-refractivity contribution >= 4 is 6.09 Å². The van der Waals surface area contributed by atoms with E-state index in [0.717, 1.165) is 12.0 Å². The molecule has 2 rings (SSSR count). The van der Waals surface area contributed by atoms with Crippen LogP contribution in [0.15, 0.2) is 24.3 Å². The van der Waals surface area contributed by atoms with Gasteiger partial charge in [-0.1, -0.05) is 19.1 Å². The van der Waals surface area contributed by atoms with Crippen molar-refractivity contribution in [2.75, 3.05) is 13.1 Å². The van der Waals surface area contributed by atoms with Crippen LogP contribution in [0.2, 0.25) is 0 Å². The lowest BCUT2D eigenvalue weighted by Crippen LogP contribution is -2.61. The molecule has 0 saturated carbocycles. The van der Waals surface area contributed by atoms with Crippen molar-refractivity contribution in [3.63, 3.8) is 0 Å². The first kappa shape index (κ1) is 16.6. The van der Waals surface area contributed by atoms with Crippen molar-refractivity contribution in [2.45, 2.75) is 51.8 Å². The molecule has 1 aromatic rings. The van der Waals surface area contributed by atoms with Crippen LogP contribution >= 0.6 is 0 Å². The van der Waals surface area contributed by atoms with E-state index in [0.29, 0.717) is 13.1 Å². The van der Waals surface area contributed by atoms with E-state index in [-0.39, 0.29) is 23.9 Å². The van der Waals surface area contributed by atoms with Gasteiger partial charge in [-0.15, -0.1) is 0 Å². The Balaban J connectivity index is 1.83. The molecule has 122 valence electrons. The molecule has 1 unspecified atom stereocenters. The van der Waals surface area contributed by atoms with Crippen LogP contribution in [0.1, 0.15) is 45.7 Å². The van der Waals surface area contributed by atoms with E-state index in [1.807, 2.05) is 32.9 Å². The molecule has 1 aliphatic rings. The van der Waals surface area contributed by atoms with Gasteiger partial charge in [0, 0.05) is 25.2 Å². The number of benzene rings is 1. The second kappa shape index (κ2) is 6.57. The summed E-state index contributed by atoms with van der Waals surface area (Å²) in [5, 5.41) is 12.9. The summed E-state index contributed by atoms with van der Waals surface area (Å²) in [6, 6.07) is 7.78. The van der Waals surface area contributed by atoms with Crippen LogP contribution in [0.25, 0.3) is 0 Å². The first-order chi connectivity index (χ1) is 10.3. The Bertz CT molecular complexity index is 502. The Kier molecular flexibility index (Phi) is 4.96. The predicted octanol–water partition coefficient (Wildman–Crippen LogP) is 3.05. The Morgan fingerprint density at radius 2 is 1.95 bits per heavy atom. The minimum absolute atomic E-state index is 0.228. The van der Waals surface area contributed by atoms with Crippen molar-refractivity contribution in [1.29, 1.82) is 0 Å². The minimum atomic E-state index is -0.451. The lowest BCUT2D eigenvalue weighted by atomic mass is 10.0. The maximum atomic E-state index is 11.9. The summed E-state index contributed by atoms with van der Waals surface area (Å²) in [5.74, 6) is 0.276. The van der Waals surface area contributed by atoms with Gasteiger partial charge < -0.3 is 20.1 Å². The first-order valence-electron chi connectivity index (χ1n) is 7.81. The molecule has 2 N–H and O–H groups in total. The molecule has 1 aromatic carbocycles. The molecule has 1 fully saturated rings. The topological polar surface area (TPSA) is 61.8 Å². The molecule has 1 heterocycles. The third-order valence-electron chi connectivity index (χ3n) is 3.67. The van der Waals surface area contributed by atoms with Gasteiger partial charge in [-0.25, -0.2) is 4.79 Å². The molecule has 22 heavy (non-hydrogen) atoms. The zero-order valence-corrected chi connectivity index (χ0v) is 13.8. The number of carbonyl (C=O) groups excluding carboxylic acids is 1. The Morgan fingerprint density at radius 3 is 2.45 bits per heavy atom. The van der Waals surface area contributed by atoms with Crippen LogP contribution in [0.3, 0.4) is 0 Å². The fourth-order valence-corrected chi connectivity index (χ4v) is 2.50.